The van der Waals surface area contributed by atoms with Crippen molar-refractivity contribution in [3.8, 4) is 0 Å². The highest BCUT2D eigenvalue weighted by molar-refractivity contribution is 7.89. The van der Waals surface area contributed by atoms with Gasteiger partial charge in [-0.1, -0.05) is 13.3 Å². The Bertz CT molecular complexity index is 582. The minimum Gasteiger partial charge on any atom is -0.326 e. The summed E-state index contributed by atoms with van der Waals surface area (Å²) in [6, 6.07) is 4.82. The van der Waals surface area contributed by atoms with E-state index in [2.05, 4.69) is 10.0 Å². The van der Waals surface area contributed by atoms with Gasteiger partial charge in [-0.25, -0.2) is 13.1 Å². The molecule has 0 saturated carbocycles. The summed E-state index contributed by atoms with van der Waals surface area (Å²) in [5.74, 6) is -0.0239. The predicted molar refractivity (Wildman–Crippen MR) is 73.5 cm³/mol. The number of anilines is 1. The molecule has 1 aromatic carbocycles. The second kappa shape index (κ2) is 5.71. The van der Waals surface area contributed by atoms with Crippen LogP contribution in [0.5, 0.6) is 0 Å². The van der Waals surface area contributed by atoms with Crippen LogP contribution in [-0.4, -0.2) is 20.9 Å². The Morgan fingerprint density at radius 1 is 1.32 bits per heavy atom. The summed E-state index contributed by atoms with van der Waals surface area (Å²) in [5.41, 5.74) is 1.58. The molecule has 1 heterocycles. The highest BCUT2D eigenvalue weighted by atomic mass is 32.2. The van der Waals surface area contributed by atoms with Gasteiger partial charge in [0.15, 0.2) is 0 Å². The molecule has 0 fully saturated rings. The number of hydrogen-bond acceptors (Lipinski definition) is 3. The summed E-state index contributed by atoms with van der Waals surface area (Å²) in [6.45, 7) is 2.46. The van der Waals surface area contributed by atoms with E-state index in [1.807, 2.05) is 6.92 Å². The number of aryl methyl sites for hydroxylation is 1. The van der Waals surface area contributed by atoms with Gasteiger partial charge in [0.25, 0.3) is 0 Å². The van der Waals surface area contributed by atoms with E-state index in [9.17, 15) is 13.2 Å². The first-order valence-electron chi connectivity index (χ1n) is 6.45. The SMILES string of the molecule is CCCCNS(=O)(=O)c1ccc2c(c1)CCC(=O)N2. The molecular weight excluding hydrogens is 264 g/mol. The number of benzene rings is 1. The number of nitrogens with one attached hydrogen (secondary N) is 2. The lowest BCUT2D eigenvalue weighted by atomic mass is 10.0. The first-order chi connectivity index (χ1) is 9.03. The van der Waals surface area contributed by atoms with Crippen LogP contribution in [0.4, 0.5) is 5.69 Å². The van der Waals surface area contributed by atoms with E-state index in [0.717, 1.165) is 18.4 Å². The fourth-order valence-corrected chi connectivity index (χ4v) is 3.12. The predicted octanol–water partition coefficient (Wildman–Crippen LogP) is 1.65. The van der Waals surface area contributed by atoms with E-state index in [1.165, 1.54) is 6.07 Å². The Balaban J connectivity index is 2.20. The minimum absolute atomic E-state index is 0.0239. The van der Waals surface area contributed by atoms with Gasteiger partial charge in [-0.15, -0.1) is 0 Å². The molecule has 1 aromatic rings. The quantitative estimate of drug-likeness (QED) is 0.806. The summed E-state index contributed by atoms with van der Waals surface area (Å²) >= 11 is 0. The lowest BCUT2D eigenvalue weighted by Gasteiger charge is -2.17. The third kappa shape index (κ3) is 3.33. The number of sulfonamides is 1. The maximum atomic E-state index is 12.1. The molecule has 2 rings (SSSR count). The number of fused-ring (bicyclic) bond motifs is 1. The summed E-state index contributed by atoms with van der Waals surface area (Å²) in [4.78, 5) is 11.5. The van der Waals surface area contributed by atoms with Crippen molar-refractivity contribution >= 4 is 21.6 Å². The highest BCUT2D eigenvalue weighted by Gasteiger charge is 2.19. The average Bonchev–Trinajstić information content (AvgIpc) is 2.38. The molecule has 0 atom stereocenters. The fraction of sp³-hybridized carbons (Fsp3) is 0.462. The zero-order valence-corrected chi connectivity index (χ0v) is 11.7. The van der Waals surface area contributed by atoms with E-state index in [0.29, 0.717) is 25.1 Å². The van der Waals surface area contributed by atoms with Crippen molar-refractivity contribution in [3.63, 3.8) is 0 Å². The van der Waals surface area contributed by atoms with E-state index in [1.54, 1.807) is 12.1 Å². The Kier molecular flexibility index (Phi) is 4.21. The monoisotopic (exact) mass is 282 g/mol. The number of carbonyl (C=O) groups excluding carboxylic acids is 1. The van der Waals surface area contributed by atoms with Crippen molar-refractivity contribution in [1.29, 1.82) is 0 Å². The summed E-state index contributed by atoms with van der Waals surface area (Å²) in [7, 11) is -3.44. The maximum Gasteiger partial charge on any atom is 0.240 e. The van der Waals surface area contributed by atoms with Crippen molar-refractivity contribution in [2.45, 2.75) is 37.5 Å². The first kappa shape index (κ1) is 14.0. The normalized spacial score (nSPS) is 14.9. The Hall–Kier alpha value is -1.40. The van der Waals surface area contributed by atoms with Gasteiger partial charge in [0.2, 0.25) is 15.9 Å². The molecule has 5 nitrogen and oxygen atoms in total. The standard InChI is InChI=1S/C13H18N2O3S/c1-2-3-8-14-19(17,18)11-5-6-12-10(9-11)4-7-13(16)15-12/h5-6,9,14H,2-4,7-8H2,1H3,(H,15,16). The largest absolute Gasteiger partial charge is 0.326 e. The van der Waals surface area contributed by atoms with Crippen molar-refractivity contribution in [2.75, 3.05) is 11.9 Å². The third-order valence-electron chi connectivity index (χ3n) is 3.10. The molecule has 0 spiro atoms. The van der Waals surface area contributed by atoms with Crippen LogP contribution in [-0.2, 0) is 21.2 Å². The van der Waals surface area contributed by atoms with Crippen LogP contribution < -0.4 is 10.0 Å². The highest BCUT2D eigenvalue weighted by Crippen LogP contribution is 2.25. The van der Waals surface area contributed by atoms with Gasteiger partial charge in [0, 0.05) is 18.7 Å². The zero-order valence-electron chi connectivity index (χ0n) is 10.9. The smallest absolute Gasteiger partial charge is 0.240 e. The van der Waals surface area contributed by atoms with Crippen LogP contribution in [0, 0.1) is 0 Å². The molecule has 0 saturated heterocycles. The molecule has 1 amide bonds. The molecule has 1 aliphatic rings. The fourth-order valence-electron chi connectivity index (χ4n) is 1.99. The number of rotatable bonds is 5. The second-order valence-electron chi connectivity index (χ2n) is 4.62. The van der Waals surface area contributed by atoms with Gasteiger partial charge >= 0.3 is 0 Å². The molecule has 0 aliphatic carbocycles. The summed E-state index contributed by atoms with van der Waals surface area (Å²) in [5, 5.41) is 2.74. The lowest BCUT2D eigenvalue weighted by Crippen LogP contribution is -2.25. The maximum absolute atomic E-state index is 12.1. The topological polar surface area (TPSA) is 75.3 Å². The van der Waals surface area contributed by atoms with Crippen molar-refractivity contribution in [3.05, 3.63) is 23.8 Å². The Morgan fingerprint density at radius 3 is 2.84 bits per heavy atom. The van der Waals surface area contributed by atoms with Gasteiger partial charge in [-0.05, 0) is 36.6 Å². The van der Waals surface area contributed by atoms with Gasteiger partial charge in [-0.3, -0.25) is 4.79 Å². The molecule has 0 bridgehead atoms. The lowest BCUT2D eigenvalue weighted by molar-refractivity contribution is -0.116. The van der Waals surface area contributed by atoms with E-state index < -0.39 is 10.0 Å². The minimum atomic E-state index is -3.44. The summed E-state index contributed by atoms with van der Waals surface area (Å²) < 4.78 is 26.7. The number of carbonyl (C=O) groups is 1. The van der Waals surface area contributed by atoms with E-state index >= 15 is 0 Å². The number of unbranched alkanes of at least 4 members (excludes halogenated alkanes) is 1. The molecule has 6 heteroatoms. The molecule has 104 valence electrons. The molecular formula is C13H18N2O3S. The van der Waals surface area contributed by atoms with E-state index in [4.69, 9.17) is 0 Å². The van der Waals surface area contributed by atoms with Crippen LogP contribution in [0.25, 0.3) is 0 Å². The van der Waals surface area contributed by atoms with Crippen LogP contribution in [0.2, 0.25) is 0 Å². The van der Waals surface area contributed by atoms with Crippen molar-refractivity contribution in [1.82, 2.24) is 4.72 Å². The van der Waals surface area contributed by atoms with Gasteiger partial charge in [0.1, 0.15) is 0 Å². The van der Waals surface area contributed by atoms with Gasteiger partial charge in [-0.2, -0.15) is 0 Å². The number of amides is 1. The van der Waals surface area contributed by atoms with Crippen molar-refractivity contribution in [2.24, 2.45) is 0 Å². The van der Waals surface area contributed by atoms with Gasteiger partial charge < -0.3 is 5.32 Å². The van der Waals surface area contributed by atoms with Crippen LogP contribution in [0.15, 0.2) is 23.1 Å². The zero-order chi connectivity index (χ0) is 13.9. The van der Waals surface area contributed by atoms with Crippen LogP contribution in [0.3, 0.4) is 0 Å². The molecule has 2 N–H and O–H groups in total. The van der Waals surface area contributed by atoms with Crippen LogP contribution >= 0.6 is 0 Å². The Morgan fingerprint density at radius 2 is 2.11 bits per heavy atom. The first-order valence-corrected chi connectivity index (χ1v) is 7.93. The molecule has 19 heavy (non-hydrogen) atoms. The molecule has 0 aromatic heterocycles. The molecule has 0 radical (unpaired) electrons. The number of hydrogen-bond donors (Lipinski definition) is 2. The Labute approximate surface area is 113 Å². The third-order valence-corrected chi connectivity index (χ3v) is 4.56. The molecule has 0 unspecified atom stereocenters. The van der Waals surface area contributed by atoms with Crippen LogP contribution in [0.1, 0.15) is 31.7 Å². The average molecular weight is 282 g/mol. The van der Waals surface area contributed by atoms with Crippen molar-refractivity contribution < 1.29 is 13.2 Å². The van der Waals surface area contributed by atoms with Gasteiger partial charge in [0.05, 0.1) is 4.90 Å². The second-order valence-corrected chi connectivity index (χ2v) is 6.39. The van der Waals surface area contributed by atoms with E-state index in [-0.39, 0.29) is 10.8 Å². The molecule has 1 aliphatic heterocycles. The summed E-state index contributed by atoms with van der Waals surface area (Å²) in [6.07, 6.45) is 2.75.